The third-order valence-electron chi connectivity index (χ3n) is 10.1. The Morgan fingerprint density at radius 2 is 1.73 bits per heavy atom. The highest BCUT2D eigenvalue weighted by atomic mass is 35.5. The Hall–Kier alpha value is -3.91. The summed E-state index contributed by atoms with van der Waals surface area (Å²) in [6, 6.07) is 16.5. The second kappa shape index (κ2) is 16.4. The predicted octanol–water partition coefficient (Wildman–Crippen LogP) is 6.05. The van der Waals surface area contributed by atoms with E-state index < -0.39 is 23.4 Å². The summed E-state index contributed by atoms with van der Waals surface area (Å²) < 4.78 is 23.6. The number of carboxylic acids is 1. The van der Waals surface area contributed by atoms with Crippen molar-refractivity contribution in [2.75, 3.05) is 47.6 Å². The summed E-state index contributed by atoms with van der Waals surface area (Å²) in [5.41, 5.74) is 0.987. The lowest BCUT2D eigenvalue weighted by Crippen LogP contribution is -2.57. The van der Waals surface area contributed by atoms with Crippen molar-refractivity contribution in [2.24, 2.45) is 5.92 Å². The first kappa shape index (κ1) is 37.8. The number of carbonyl (C=O) groups is 2. The van der Waals surface area contributed by atoms with E-state index >= 15 is 0 Å². The van der Waals surface area contributed by atoms with Crippen LogP contribution in [0.1, 0.15) is 55.6 Å². The van der Waals surface area contributed by atoms with Crippen LogP contribution in [0.25, 0.3) is 0 Å². The molecular formula is C38H41Cl2N3O8S. The van der Waals surface area contributed by atoms with Crippen LogP contribution in [0.3, 0.4) is 0 Å². The van der Waals surface area contributed by atoms with Gasteiger partial charge in [-0.1, -0.05) is 59.6 Å². The molecule has 2 aromatic carbocycles. The molecule has 2 bridgehead atoms. The molecule has 14 heteroatoms. The van der Waals surface area contributed by atoms with Gasteiger partial charge in [0, 0.05) is 36.6 Å². The number of nitrogens with one attached hydrogen (secondary N) is 1. The third kappa shape index (κ3) is 7.87. The van der Waals surface area contributed by atoms with Crippen LogP contribution in [0.5, 0.6) is 11.5 Å². The largest absolute Gasteiger partial charge is 0.619 e. The molecule has 1 unspecified atom stereocenters. The van der Waals surface area contributed by atoms with Gasteiger partial charge in [-0.15, -0.1) is 11.3 Å². The third-order valence-corrected chi connectivity index (χ3v) is 11.8. The van der Waals surface area contributed by atoms with Crippen LogP contribution in [0.15, 0.2) is 67.0 Å². The van der Waals surface area contributed by atoms with E-state index in [9.17, 15) is 19.9 Å². The Morgan fingerprint density at radius 3 is 2.33 bits per heavy atom. The Bertz CT molecular complexity index is 1880. The summed E-state index contributed by atoms with van der Waals surface area (Å²) in [7, 11) is 4.59. The number of ether oxygens (including phenoxy) is 4. The number of halogens is 2. The first-order valence-electron chi connectivity index (χ1n) is 16.9. The summed E-state index contributed by atoms with van der Waals surface area (Å²) >= 11 is 14.2. The number of methoxy groups -OCH3 is 3. The van der Waals surface area contributed by atoms with Crippen molar-refractivity contribution < 1.29 is 38.4 Å². The lowest BCUT2D eigenvalue weighted by molar-refractivity contribution is -0.605. The fourth-order valence-corrected chi connectivity index (χ4v) is 8.92. The highest BCUT2D eigenvalue weighted by molar-refractivity contribution is 7.14. The number of piperidine rings is 3. The molecule has 2 aromatic heterocycles. The molecule has 3 aliphatic heterocycles. The van der Waals surface area contributed by atoms with Gasteiger partial charge < -0.3 is 29.3 Å². The lowest BCUT2D eigenvalue weighted by atomic mass is 9.85. The van der Waals surface area contributed by atoms with Gasteiger partial charge in [0.1, 0.15) is 21.0 Å². The first-order chi connectivity index (χ1) is 25.1. The van der Waals surface area contributed by atoms with Crippen LogP contribution in [-0.4, -0.2) is 75.6 Å². The van der Waals surface area contributed by atoms with Gasteiger partial charge in [0.05, 0.1) is 20.8 Å². The number of aromatic carboxylic acids is 1. The van der Waals surface area contributed by atoms with Crippen LogP contribution in [0, 0.1) is 11.1 Å². The molecule has 0 aliphatic carbocycles. The molecule has 0 radical (unpaired) electrons. The number of carboxylic acid groups (broad SMARTS) is 1. The molecule has 2 N–H and O–H groups in total. The maximum absolute atomic E-state index is 14.4. The number of hydrogen-bond acceptors (Lipinski definition) is 10. The van der Waals surface area contributed by atoms with Crippen LogP contribution >= 0.6 is 34.5 Å². The number of hydrogen-bond donors (Lipinski definition) is 2. The van der Waals surface area contributed by atoms with E-state index in [4.69, 9.17) is 42.1 Å². The second-order valence-corrected chi connectivity index (χ2v) is 15.1. The van der Waals surface area contributed by atoms with Crippen molar-refractivity contribution in [2.45, 2.75) is 43.4 Å². The van der Waals surface area contributed by atoms with Crippen LogP contribution in [-0.2, 0) is 32.8 Å². The van der Waals surface area contributed by atoms with Crippen molar-refractivity contribution in [3.8, 4) is 11.5 Å². The van der Waals surface area contributed by atoms with Gasteiger partial charge in [0.15, 0.2) is 29.4 Å². The number of rotatable bonds is 15. The fourth-order valence-electron chi connectivity index (χ4n) is 7.32. The molecule has 3 atom stereocenters. The molecule has 4 aromatic rings. The Labute approximate surface area is 316 Å². The average Bonchev–Trinajstić information content (AvgIpc) is 3.58. The Morgan fingerprint density at radius 1 is 1.04 bits per heavy atom. The molecule has 0 saturated carbocycles. The zero-order valence-electron chi connectivity index (χ0n) is 29.1. The standard InChI is InChI=1S/C38H41Cl2N3O8S/c1-48-22-38(25-7-5-4-6-8-25,37(46)51-34-21-42-13-11-23(34)12-14-42)41-18-26-16-28(35(52-26)36(44)45)27(17-29-30(39)19-43(47)20-31(29)40)24-9-10-32(49-2)33(15-24)50-3/h4-10,15-16,19-20,23,27,34,41H,11-14,17-18,21-22H2,1-3H3,(H,44,45)/t27-,34-,38?/m0/s1. The van der Waals surface area contributed by atoms with Crippen LogP contribution < -0.4 is 19.5 Å². The number of nitrogens with zero attached hydrogens (tertiary/aromatic N) is 2. The van der Waals surface area contributed by atoms with Gasteiger partial charge in [0.2, 0.25) is 0 Å². The zero-order valence-corrected chi connectivity index (χ0v) is 31.4. The smallest absolute Gasteiger partial charge is 0.346 e. The summed E-state index contributed by atoms with van der Waals surface area (Å²) in [5, 5.41) is 26.4. The summed E-state index contributed by atoms with van der Waals surface area (Å²) in [5.74, 6) is -0.887. The monoisotopic (exact) mass is 769 g/mol. The van der Waals surface area contributed by atoms with Gasteiger partial charge in [0.25, 0.3) is 0 Å². The van der Waals surface area contributed by atoms with Gasteiger partial charge >= 0.3 is 11.9 Å². The van der Waals surface area contributed by atoms with Crippen LogP contribution in [0.2, 0.25) is 10.0 Å². The van der Waals surface area contributed by atoms with E-state index in [1.807, 2.05) is 42.5 Å². The number of thiophene rings is 1. The fraction of sp³-hybridized carbons (Fsp3) is 0.395. The van der Waals surface area contributed by atoms with E-state index in [2.05, 4.69) is 10.2 Å². The molecule has 7 rings (SSSR count). The van der Waals surface area contributed by atoms with Gasteiger partial charge in [-0.2, -0.15) is 4.73 Å². The Kier molecular flexibility index (Phi) is 11.9. The topological polar surface area (TPSA) is 134 Å². The highest BCUT2D eigenvalue weighted by Gasteiger charge is 2.46. The maximum atomic E-state index is 14.4. The number of pyridine rings is 1. The zero-order chi connectivity index (χ0) is 37.0. The Balaban J connectivity index is 1.38. The quantitative estimate of drug-likeness (QED) is 0.0837. The number of aromatic nitrogens is 1. The predicted molar refractivity (Wildman–Crippen MR) is 198 cm³/mol. The summed E-state index contributed by atoms with van der Waals surface area (Å²) in [6.45, 7) is 2.83. The molecule has 276 valence electrons. The number of benzene rings is 2. The minimum Gasteiger partial charge on any atom is -0.619 e. The second-order valence-electron chi connectivity index (χ2n) is 13.1. The van der Waals surface area contributed by atoms with Gasteiger partial charge in [-0.3, -0.25) is 10.2 Å². The SMILES string of the molecule is COCC(NCc1cc([C@@H](Cc2c(Cl)c[n+]([O-])cc2Cl)c2ccc(OC)c(OC)c2)c(C(=O)O)s1)(C(=O)O[C@H]1CN2CCC1CC2)c1ccccc1. The molecule has 3 aliphatic rings. The molecule has 5 heterocycles. The highest BCUT2D eigenvalue weighted by Crippen LogP contribution is 2.41. The molecule has 0 amide bonds. The number of esters is 1. The van der Waals surface area contributed by atoms with E-state index in [0.717, 1.165) is 37.3 Å². The van der Waals surface area contributed by atoms with Crippen molar-refractivity contribution >= 4 is 46.5 Å². The van der Waals surface area contributed by atoms with E-state index in [1.165, 1.54) is 33.7 Å². The van der Waals surface area contributed by atoms with Gasteiger partial charge in [-0.25, -0.2) is 9.59 Å². The van der Waals surface area contributed by atoms with E-state index in [1.54, 1.807) is 12.1 Å². The van der Waals surface area contributed by atoms with Crippen molar-refractivity contribution in [3.05, 3.63) is 114 Å². The van der Waals surface area contributed by atoms with Crippen molar-refractivity contribution in [1.82, 2.24) is 10.2 Å². The lowest BCUT2D eigenvalue weighted by Gasteiger charge is -2.45. The molecule has 3 fully saturated rings. The van der Waals surface area contributed by atoms with E-state index in [-0.39, 0.29) is 40.6 Å². The molecular weight excluding hydrogens is 729 g/mol. The average molecular weight is 771 g/mol. The van der Waals surface area contributed by atoms with Crippen molar-refractivity contribution in [3.63, 3.8) is 0 Å². The normalized spacial score (nSPS) is 19.8. The minimum atomic E-state index is -1.38. The van der Waals surface area contributed by atoms with Crippen molar-refractivity contribution in [1.29, 1.82) is 0 Å². The summed E-state index contributed by atoms with van der Waals surface area (Å²) in [6.07, 6.45) is 4.34. The summed E-state index contributed by atoms with van der Waals surface area (Å²) in [4.78, 5) is 30.3. The first-order valence-corrected chi connectivity index (χ1v) is 18.5. The van der Waals surface area contributed by atoms with Gasteiger partial charge in [-0.05, 0) is 73.2 Å². The number of fused-ring (bicyclic) bond motifs is 3. The number of carbonyl (C=O) groups excluding carboxylic acids is 1. The van der Waals surface area contributed by atoms with Crippen LogP contribution in [0.4, 0.5) is 0 Å². The minimum absolute atomic E-state index is 0.0139. The maximum Gasteiger partial charge on any atom is 0.346 e. The van der Waals surface area contributed by atoms with E-state index in [0.29, 0.717) is 55.8 Å². The molecule has 3 saturated heterocycles. The molecule has 0 spiro atoms. The molecule has 11 nitrogen and oxygen atoms in total. The molecule has 52 heavy (non-hydrogen) atoms.